The third-order valence-corrected chi connectivity index (χ3v) is 3.03. The van der Waals surface area contributed by atoms with E-state index >= 15 is 0 Å². The molecule has 0 bridgehead atoms. The molecule has 0 aliphatic heterocycles. The quantitative estimate of drug-likeness (QED) is 0.724. The summed E-state index contributed by atoms with van der Waals surface area (Å²) < 4.78 is 0. The lowest BCUT2D eigenvalue weighted by Crippen LogP contribution is -2.35. The van der Waals surface area contributed by atoms with Gasteiger partial charge in [0.05, 0.1) is 5.92 Å². The standard InChI is InChI=1S/C10H15N3O3S/c1-5(2)6(9(15)16)3-12-8(14)7-4-17-10(11)13-7/h4-6H,3H2,1-2H3,(H2,11,13)(H,12,14)(H,15,16). The van der Waals surface area contributed by atoms with E-state index in [1.807, 2.05) is 0 Å². The number of nitrogen functional groups attached to an aromatic ring is 1. The first kappa shape index (κ1) is 13.4. The molecule has 0 aliphatic rings. The van der Waals surface area contributed by atoms with Crippen LogP contribution in [0.1, 0.15) is 24.3 Å². The van der Waals surface area contributed by atoms with Gasteiger partial charge in [-0.05, 0) is 5.92 Å². The highest BCUT2D eigenvalue weighted by atomic mass is 32.1. The molecule has 0 aromatic carbocycles. The van der Waals surface area contributed by atoms with Crippen molar-refractivity contribution in [3.8, 4) is 0 Å². The van der Waals surface area contributed by atoms with Crippen LogP contribution in [0.15, 0.2) is 5.38 Å². The molecule has 6 nitrogen and oxygen atoms in total. The van der Waals surface area contributed by atoms with Crippen molar-refractivity contribution in [2.75, 3.05) is 12.3 Å². The zero-order chi connectivity index (χ0) is 13.0. The maximum absolute atomic E-state index is 11.6. The average Bonchev–Trinajstić information content (AvgIpc) is 2.63. The van der Waals surface area contributed by atoms with Gasteiger partial charge in [0.2, 0.25) is 0 Å². The van der Waals surface area contributed by atoms with Crippen LogP contribution in [0.5, 0.6) is 0 Å². The zero-order valence-electron chi connectivity index (χ0n) is 9.64. The summed E-state index contributed by atoms with van der Waals surface area (Å²) in [5.41, 5.74) is 5.62. The molecular formula is C10H15N3O3S. The molecule has 94 valence electrons. The van der Waals surface area contributed by atoms with Gasteiger partial charge in [-0.1, -0.05) is 13.8 Å². The Labute approximate surface area is 103 Å². The van der Waals surface area contributed by atoms with Gasteiger partial charge in [-0.3, -0.25) is 9.59 Å². The molecule has 1 unspecified atom stereocenters. The number of hydrogen-bond acceptors (Lipinski definition) is 5. The molecule has 1 aromatic heterocycles. The molecule has 0 aliphatic carbocycles. The van der Waals surface area contributed by atoms with Gasteiger partial charge >= 0.3 is 5.97 Å². The number of aliphatic carboxylic acids is 1. The number of nitrogens with two attached hydrogens (primary N) is 1. The predicted octanol–water partition coefficient (Wildman–Crippen LogP) is 0.812. The molecule has 1 amide bonds. The van der Waals surface area contributed by atoms with E-state index in [0.717, 1.165) is 0 Å². The van der Waals surface area contributed by atoms with Gasteiger partial charge in [0.15, 0.2) is 5.13 Å². The number of amides is 1. The molecule has 0 spiro atoms. The van der Waals surface area contributed by atoms with Gasteiger partial charge < -0.3 is 16.2 Å². The molecule has 17 heavy (non-hydrogen) atoms. The normalized spacial score (nSPS) is 12.4. The number of aromatic nitrogens is 1. The van der Waals surface area contributed by atoms with Crippen LogP contribution in [0.4, 0.5) is 5.13 Å². The van der Waals surface area contributed by atoms with Gasteiger partial charge in [0.1, 0.15) is 5.69 Å². The van der Waals surface area contributed by atoms with Crippen molar-refractivity contribution in [2.24, 2.45) is 11.8 Å². The zero-order valence-corrected chi connectivity index (χ0v) is 10.5. The Balaban J connectivity index is 2.55. The second-order valence-corrected chi connectivity index (χ2v) is 4.86. The molecule has 0 fully saturated rings. The molecule has 0 radical (unpaired) electrons. The first-order chi connectivity index (χ1) is 7.91. The van der Waals surface area contributed by atoms with Crippen molar-refractivity contribution in [1.82, 2.24) is 10.3 Å². The maximum atomic E-state index is 11.6. The number of rotatable bonds is 5. The number of carboxylic acid groups (broad SMARTS) is 1. The highest BCUT2D eigenvalue weighted by Gasteiger charge is 2.22. The van der Waals surface area contributed by atoms with Crippen LogP contribution in [-0.4, -0.2) is 28.5 Å². The van der Waals surface area contributed by atoms with Crippen LogP contribution < -0.4 is 11.1 Å². The third-order valence-electron chi connectivity index (χ3n) is 2.36. The summed E-state index contributed by atoms with van der Waals surface area (Å²) in [4.78, 5) is 26.3. The van der Waals surface area contributed by atoms with E-state index in [0.29, 0.717) is 5.13 Å². The highest BCUT2D eigenvalue weighted by Crippen LogP contribution is 2.12. The molecular weight excluding hydrogens is 242 g/mol. The number of thiazole rings is 1. The predicted molar refractivity (Wildman–Crippen MR) is 64.8 cm³/mol. The van der Waals surface area contributed by atoms with Gasteiger partial charge in [-0.15, -0.1) is 11.3 Å². The minimum atomic E-state index is -0.918. The fourth-order valence-electron chi connectivity index (χ4n) is 1.29. The van der Waals surface area contributed by atoms with Gasteiger partial charge in [-0.25, -0.2) is 4.98 Å². The van der Waals surface area contributed by atoms with Gasteiger partial charge in [-0.2, -0.15) is 0 Å². The molecule has 1 heterocycles. The fraction of sp³-hybridized carbons (Fsp3) is 0.500. The van der Waals surface area contributed by atoms with E-state index in [9.17, 15) is 9.59 Å². The van der Waals surface area contributed by atoms with E-state index in [1.165, 1.54) is 16.7 Å². The molecule has 1 atom stereocenters. The smallest absolute Gasteiger partial charge is 0.308 e. The third kappa shape index (κ3) is 3.70. The van der Waals surface area contributed by atoms with Gasteiger partial charge in [0, 0.05) is 11.9 Å². The number of hydrogen-bond donors (Lipinski definition) is 3. The molecule has 4 N–H and O–H groups in total. The minimum absolute atomic E-state index is 0.0479. The number of anilines is 1. The Morgan fingerprint density at radius 1 is 1.59 bits per heavy atom. The van der Waals surface area contributed by atoms with E-state index in [4.69, 9.17) is 10.8 Å². The number of carboxylic acids is 1. The average molecular weight is 257 g/mol. The fourth-order valence-corrected chi connectivity index (χ4v) is 1.84. The first-order valence-corrected chi connectivity index (χ1v) is 6.01. The number of carbonyl (C=O) groups excluding carboxylic acids is 1. The first-order valence-electron chi connectivity index (χ1n) is 5.13. The van der Waals surface area contributed by atoms with E-state index < -0.39 is 17.8 Å². The van der Waals surface area contributed by atoms with Crippen LogP contribution in [0, 0.1) is 11.8 Å². The molecule has 0 saturated carbocycles. The molecule has 1 aromatic rings. The Morgan fingerprint density at radius 2 is 2.24 bits per heavy atom. The second-order valence-electron chi connectivity index (χ2n) is 3.97. The van der Waals surface area contributed by atoms with E-state index in [-0.39, 0.29) is 18.2 Å². The summed E-state index contributed by atoms with van der Waals surface area (Å²) in [5.74, 6) is -1.97. The summed E-state index contributed by atoms with van der Waals surface area (Å²) in [6, 6.07) is 0. The SMILES string of the molecule is CC(C)C(CNC(=O)c1csc(N)n1)C(=O)O. The number of nitrogens with zero attached hydrogens (tertiary/aromatic N) is 1. The molecule has 0 saturated heterocycles. The van der Waals surface area contributed by atoms with E-state index in [2.05, 4.69) is 10.3 Å². The Bertz CT molecular complexity index is 417. The highest BCUT2D eigenvalue weighted by molar-refractivity contribution is 7.13. The summed E-state index contributed by atoms with van der Waals surface area (Å²) in [5, 5.41) is 13.3. The van der Waals surface area contributed by atoms with Crippen molar-refractivity contribution < 1.29 is 14.7 Å². The maximum Gasteiger partial charge on any atom is 0.308 e. The monoisotopic (exact) mass is 257 g/mol. The lowest BCUT2D eigenvalue weighted by atomic mass is 9.96. The summed E-state index contributed by atoms with van der Waals surface area (Å²) in [6.07, 6.45) is 0. The van der Waals surface area contributed by atoms with Gasteiger partial charge in [0.25, 0.3) is 5.91 Å². The van der Waals surface area contributed by atoms with Crippen molar-refractivity contribution >= 4 is 28.3 Å². The summed E-state index contributed by atoms with van der Waals surface area (Å²) in [7, 11) is 0. The van der Waals surface area contributed by atoms with Crippen LogP contribution in [-0.2, 0) is 4.79 Å². The number of nitrogens with one attached hydrogen (secondary N) is 1. The molecule has 7 heteroatoms. The molecule has 1 rings (SSSR count). The summed E-state index contributed by atoms with van der Waals surface area (Å²) in [6.45, 7) is 3.68. The topological polar surface area (TPSA) is 105 Å². The van der Waals surface area contributed by atoms with Crippen LogP contribution in [0.25, 0.3) is 0 Å². The lowest BCUT2D eigenvalue weighted by molar-refractivity contribution is -0.142. The van der Waals surface area contributed by atoms with Crippen molar-refractivity contribution in [2.45, 2.75) is 13.8 Å². The van der Waals surface area contributed by atoms with Crippen LogP contribution >= 0.6 is 11.3 Å². The summed E-state index contributed by atoms with van der Waals surface area (Å²) >= 11 is 1.17. The number of carbonyl (C=O) groups is 2. The Morgan fingerprint density at radius 3 is 2.65 bits per heavy atom. The Kier molecular flexibility index (Phi) is 4.45. The largest absolute Gasteiger partial charge is 0.481 e. The van der Waals surface area contributed by atoms with Crippen molar-refractivity contribution in [1.29, 1.82) is 0 Å². The Hall–Kier alpha value is -1.63. The lowest BCUT2D eigenvalue weighted by Gasteiger charge is -2.16. The minimum Gasteiger partial charge on any atom is -0.481 e. The van der Waals surface area contributed by atoms with Crippen molar-refractivity contribution in [3.63, 3.8) is 0 Å². The van der Waals surface area contributed by atoms with E-state index in [1.54, 1.807) is 13.8 Å². The second kappa shape index (κ2) is 5.62. The van der Waals surface area contributed by atoms with Crippen LogP contribution in [0.3, 0.4) is 0 Å². The van der Waals surface area contributed by atoms with Crippen molar-refractivity contribution in [3.05, 3.63) is 11.1 Å². The van der Waals surface area contributed by atoms with Crippen LogP contribution in [0.2, 0.25) is 0 Å².